The molecule has 0 amide bonds. The predicted octanol–water partition coefficient (Wildman–Crippen LogP) is 6.28. The monoisotopic (exact) mass is 486 g/mol. The van der Waals surface area contributed by atoms with Crippen molar-refractivity contribution in [1.29, 1.82) is 0 Å². The lowest BCUT2D eigenvalue weighted by molar-refractivity contribution is -0.0501. The molecule has 0 saturated heterocycles. The van der Waals surface area contributed by atoms with Crippen LogP contribution in [0.15, 0.2) is 52.4 Å². The van der Waals surface area contributed by atoms with Crippen LogP contribution in [0.4, 0.5) is 8.78 Å². The van der Waals surface area contributed by atoms with Gasteiger partial charge in [-0.1, -0.05) is 62.2 Å². The highest BCUT2D eigenvalue weighted by atomic mass is 32.2. The maximum Gasteiger partial charge on any atom is 0.387 e. The number of ether oxygens (including phenoxy) is 1. The molecule has 3 aromatic rings. The van der Waals surface area contributed by atoms with Crippen molar-refractivity contribution in [3.8, 4) is 5.75 Å². The Kier molecular flexibility index (Phi) is 7.36. The molecule has 1 aliphatic carbocycles. The van der Waals surface area contributed by atoms with E-state index in [1.54, 1.807) is 35.8 Å². The van der Waals surface area contributed by atoms with Gasteiger partial charge in [0.25, 0.3) is 5.56 Å². The average molecular weight is 487 g/mol. The number of Topliss-reactive ketones (excluding diaryl/α,β-unsaturated/α-hetero) is 1. The van der Waals surface area contributed by atoms with E-state index < -0.39 is 6.61 Å². The molecular formula is C26H28F2N2O3S. The van der Waals surface area contributed by atoms with Gasteiger partial charge in [-0.15, -0.1) is 0 Å². The molecule has 2 aromatic carbocycles. The van der Waals surface area contributed by atoms with Crippen molar-refractivity contribution in [2.24, 2.45) is 11.8 Å². The highest BCUT2D eigenvalue weighted by molar-refractivity contribution is 7.99. The summed E-state index contributed by atoms with van der Waals surface area (Å²) in [5, 5.41) is 1.03. The topological polar surface area (TPSA) is 61.2 Å². The summed E-state index contributed by atoms with van der Waals surface area (Å²) in [4.78, 5) is 31.4. The Bertz CT molecular complexity index is 1260. The van der Waals surface area contributed by atoms with Crippen LogP contribution in [-0.4, -0.2) is 27.7 Å². The normalized spacial score (nSPS) is 20.6. The van der Waals surface area contributed by atoms with Gasteiger partial charge in [-0.3, -0.25) is 14.2 Å². The largest absolute Gasteiger partial charge is 0.434 e. The number of rotatable bonds is 7. The molecule has 0 unspecified atom stereocenters. The van der Waals surface area contributed by atoms with Gasteiger partial charge in [-0.2, -0.15) is 8.78 Å². The lowest BCUT2D eigenvalue weighted by atomic mass is 9.78. The van der Waals surface area contributed by atoms with E-state index >= 15 is 0 Å². The number of para-hydroxylation sites is 1. The fourth-order valence-electron chi connectivity index (χ4n) is 4.71. The van der Waals surface area contributed by atoms with E-state index in [2.05, 4.69) is 18.6 Å². The van der Waals surface area contributed by atoms with Crippen molar-refractivity contribution < 1.29 is 18.3 Å². The van der Waals surface area contributed by atoms with Gasteiger partial charge >= 0.3 is 6.61 Å². The molecule has 5 nitrogen and oxygen atoms in total. The minimum atomic E-state index is -3.02. The van der Waals surface area contributed by atoms with E-state index in [1.165, 1.54) is 17.8 Å². The molecule has 4 rings (SSSR count). The third-order valence-electron chi connectivity index (χ3n) is 6.75. The van der Waals surface area contributed by atoms with Gasteiger partial charge in [0.2, 0.25) is 0 Å². The number of ketones is 1. The van der Waals surface area contributed by atoms with Crippen LogP contribution >= 0.6 is 11.8 Å². The Labute approximate surface area is 201 Å². The van der Waals surface area contributed by atoms with E-state index in [1.807, 2.05) is 12.1 Å². The highest BCUT2D eigenvalue weighted by Gasteiger charge is 2.31. The zero-order valence-electron chi connectivity index (χ0n) is 19.5. The average Bonchev–Trinajstić information content (AvgIpc) is 2.81. The lowest BCUT2D eigenvalue weighted by Gasteiger charge is -2.36. The van der Waals surface area contributed by atoms with Gasteiger partial charge in [-0.25, -0.2) is 4.98 Å². The van der Waals surface area contributed by atoms with Gasteiger partial charge in [0.15, 0.2) is 10.9 Å². The fraction of sp³-hybridized carbons (Fsp3) is 0.423. The third kappa shape index (κ3) is 5.02. The number of hydrogen-bond donors (Lipinski definition) is 0. The van der Waals surface area contributed by atoms with Crippen LogP contribution in [0.3, 0.4) is 0 Å². The van der Waals surface area contributed by atoms with Crippen molar-refractivity contribution in [2.45, 2.75) is 57.8 Å². The number of aromatic nitrogens is 2. The van der Waals surface area contributed by atoms with Crippen LogP contribution in [0.5, 0.6) is 5.75 Å². The summed E-state index contributed by atoms with van der Waals surface area (Å²) in [6.07, 6.45) is 3.02. The first-order valence-corrected chi connectivity index (χ1v) is 12.5. The number of alkyl halides is 2. The highest BCUT2D eigenvalue weighted by Crippen LogP contribution is 2.39. The second-order valence-corrected chi connectivity index (χ2v) is 9.95. The standard InChI is InChI=1S/C26H28F2N2O3S/c1-15-11-12-23(33-25(27)28)19(13-15)22(31)14-34-26-29-20-9-5-4-8-18(20)24(32)30(26)21-10-6-7-16(2)17(21)3/h4-5,8-9,11-13,16-17,21,25H,6-7,10,14H2,1-3H3/t16-,17+,21+/m1/s1. The molecule has 3 atom stereocenters. The van der Waals surface area contributed by atoms with Gasteiger partial charge in [0.1, 0.15) is 5.75 Å². The Morgan fingerprint density at radius 1 is 1.21 bits per heavy atom. The third-order valence-corrected chi connectivity index (χ3v) is 7.71. The number of thioether (sulfide) groups is 1. The van der Waals surface area contributed by atoms with Gasteiger partial charge in [0.05, 0.1) is 22.2 Å². The fourth-order valence-corrected chi connectivity index (χ4v) is 5.64. The summed E-state index contributed by atoms with van der Waals surface area (Å²) >= 11 is 1.17. The molecule has 0 radical (unpaired) electrons. The number of fused-ring (bicyclic) bond motifs is 1. The maximum absolute atomic E-state index is 13.6. The minimum absolute atomic E-state index is 0.0114. The quantitative estimate of drug-likeness (QED) is 0.223. The molecule has 0 bridgehead atoms. The Hall–Kier alpha value is -2.74. The molecule has 180 valence electrons. The Morgan fingerprint density at radius 3 is 2.74 bits per heavy atom. The van der Waals surface area contributed by atoms with E-state index in [0.717, 1.165) is 24.8 Å². The Morgan fingerprint density at radius 2 is 1.97 bits per heavy atom. The Balaban J connectivity index is 1.70. The zero-order valence-corrected chi connectivity index (χ0v) is 20.3. The number of aryl methyl sites for hydroxylation is 1. The van der Waals surface area contributed by atoms with Crippen molar-refractivity contribution in [3.63, 3.8) is 0 Å². The molecule has 0 spiro atoms. The minimum Gasteiger partial charge on any atom is -0.434 e. The van der Waals surface area contributed by atoms with Crippen LogP contribution in [0, 0.1) is 18.8 Å². The van der Waals surface area contributed by atoms with E-state index in [9.17, 15) is 18.4 Å². The summed E-state index contributed by atoms with van der Waals surface area (Å²) in [6.45, 7) is 3.12. The number of halogens is 2. The molecule has 1 heterocycles. The molecule has 1 aromatic heterocycles. The number of nitrogens with zero attached hydrogens (tertiary/aromatic N) is 2. The molecular weight excluding hydrogens is 458 g/mol. The second-order valence-electron chi connectivity index (χ2n) is 9.01. The van der Waals surface area contributed by atoms with Gasteiger partial charge in [0, 0.05) is 6.04 Å². The molecule has 34 heavy (non-hydrogen) atoms. The smallest absolute Gasteiger partial charge is 0.387 e. The summed E-state index contributed by atoms with van der Waals surface area (Å²) in [5.41, 5.74) is 1.33. The molecule has 0 aliphatic heterocycles. The molecule has 8 heteroatoms. The van der Waals surface area contributed by atoms with E-state index in [-0.39, 0.29) is 40.4 Å². The van der Waals surface area contributed by atoms with Crippen molar-refractivity contribution in [3.05, 3.63) is 63.9 Å². The number of benzene rings is 2. The summed E-state index contributed by atoms with van der Waals surface area (Å²) in [6, 6.07) is 11.7. The van der Waals surface area contributed by atoms with E-state index in [4.69, 9.17) is 4.98 Å². The van der Waals surface area contributed by atoms with E-state index in [0.29, 0.717) is 22.0 Å². The summed E-state index contributed by atoms with van der Waals surface area (Å²) in [5.74, 6) is 0.197. The molecule has 1 saturated carbocycles. The number of hydrogen-bond acceptors (Lipinski definition) is 5. The predicted molar refractivity (Wildman–Crippen MR) is 130 cm³/mol. The zero-order chi connectivity index (χ0) is 24.4. The maximum atomic E-state index is 13.6. The van der Waals surface area contributed by atoms with Gasteiger partial charge < -0.3 is 4.74 Å². The van der Waals surface area contributed by atoms with Crippen LogP contribution < -0.4 is 10.3 Å². The molecule has 1 aliphatic rings. The van der Waals surface area contributed by atoms with Crippen LogP contribution in [0.25, 0.3) is 10.9 Å². The summed E-state index contributed by atoms with van der Waals surface area (Å²) in [7, 11) is 0. The van der Waals surface area contributed by atoms with Crippen molar-refractivity contribution in [2.75, 3.05) is 5.75 Å². The second kappa shape index (κ2) is 10.3. The number of carbonyl (C=O) groups is 1. The molecule has 0 N–H and O–H groups in total. The lowest BCUT2D eigenvalue weighted by Crippen LogP contribution is -2.35. The first-order chi connectivity index (χ1) is 16.3. The van der Waals surface area contributed by atoms with Crippen molar-refractivity contribution >= 4 is 28.4 Å². The summed E-state index contributed by atoms with van der Waals surface area (Å²) < 4.78 is 32.0. The number of carbonyl (C=O) groups excluding carboxylic acids is 1. The first-order valence-electron chi connectivity index (χ1n) is 11.5. The van der Waals surface area contributed by atoms with Crippen LogP contribution in [0.2, 0.25) is 0 Å². The van der Waals surface area contributed by atoms with Crippen LogP contribution in [0.1, 0.15) is 55.1 Å². The van der Waals surface area contributed by atoms with Crippen LogP contribution in [-0.2, 0) is 0 Å². The molecule has 1 fully saturated rings. The first kappa shape index (κ1) is 24.4. The van der Waals surface area contributed by atoms with Gasteiger partial charge in [-0.05, 0) is 49.4 Å². The SMILES string of the molecule is Cc1ccc(OC(F)F)c(C(=O)CSc2nc3ccccc3c(=O)n2[C@H]2CCC[C@@H](C)[C@@H]2C)c1. The van der Waals surface area contributed by atoms with Crippen molar-refractivity contribution in [1.82, 2.24) is 9.55 Å².